The summed E-state index contributed by atoms with van der Waals surface area (Å²) < 4.78 is 25.3. The Hall–Kier alpha value is -3.96. The lowest BCUT2D eigenvalue weighted by Crippen LogP contribution is -2.29. The normalized spacial score (nSPS) is 13.6. The Labute approximate surface area is 202 Å². The van der Waals surface area contributed by atoms with E-state index in [9.17, 15) is 13.2 Å². The van der Waals surface area contributed by atoms with Crippen molar-refractivity contribution in [3.8, 4) is 0 Å². The summed E-state index contributed by atoms with van der Waals surface area (Å²) in [4.78, 5) is 21.3. The number of primary sulfonamides is 1. The van der Waals surface area contributed by atoms with Crippen molar-refractivity contribution in [3.05, 3.63) is 66.0 Å². The number of benzene rings is 2. The Morgan fingerprint density at radius 1 is 1.03 bits per heavy atom. The molecule has 0 spiro atoms. The summed E-state index contributed by atoms with van der Waals surface area (Å²) in [5.41, 5.74) is 3.50. The van der Waals surface area contributed by atoms with Crippen molar-refractivity contribution in [1.29, 1.82) is 0 Å². The standard InChI is InChI=1S/C24H25N7O3S/c1-14-3-4-19(12-21(14)35(25,33)34)28-23-26-13-15(2)22(30-23)27-18-7-8-20-16(11-18)9-10-31(20)24(32)29-17-5-6-17/h3-4,7-13,17H,5-6H2,1-2H3,(H,29,32)(H2,25,33,34)(H2,26,27,28,30). The molecule has 0 atom stereocenters. The highest BCUT2D eigenvalue weighted by atomic mass is 32.2. The zero-order valence-electron chi connectivity index (χ0n) is 19.2. The summed E-state index contributed by atoms with van der Waals surface area (Å²) in [7, 11) is -3.85. The van der Waals surface area contributed by atoms with Crippen molar-refractivity contribution in [1.82, 2.24) is 19.9 Å². The van der Waals surface area contributed by atoms with Gasteiger partial charge in [0.05, 0.1) is 10.4 Å². The first-order valence-electron chi connectivity index (χ1n) is 11.1. The zero-order chi connectivity index (χ0) is 24.7. The second-order valence-corrected chi connectivity index (χ2v) is 10.2. The minimum atomic E-state index is -3.85. The Morgan fingerprint density at radius 3 is 2.51 bits per heavy atom. The molecule has 1 saturated carbocycles. The van der Waals surface area contributed by atoms with E-state index < -0.39 is 10.0 Å². The lowest BCUT2D eigenvalue weighted by atomic mass is 10.2. The van der Waals surface area contributed by atoms with Crippen molar-refractivity contribution in [2.45, 2.75) is 37.6 Å². The molecule has 1 aliphatic carbocycles. The molecule has 1 fully saturated rings. The van der Waals surface area contributed by atoms with E-state index in [4.69, 9.17) is 5.14 Å². The number of nitrogens with one attached hydrogen (secondary N) is 3. The molecule has 0 aliphatic heterocycles. The number of carbonyl (C=O) groups is 1. The predicted molar refractivity (Wildman–Crippen MR) is 135 cm³/mol. The van der Waals surface area contributed by atoms with E-state index in [2.05, 4.69) is 25.9 Å². The lowest BCUT2D eigenvalue weighted by Gasteiger charge is -2.12. The fraction of sp³-hybridized carbons (Fsp3) is 0.208. The molecule has 180 valence electrons. The first kappa shape index (κ1) is 22.8. The van der Waals surface area contributed by atoms with Gasteiger partial charge < -0.3 is 16.0 Å². The van der Waals surface area contributed by atoms with E-state index >= 15 is 0 Å². The zero-order valence-corrected chi connectivity index (χ0v) is 20.1. The predicted octanol–water partition coefficient (Wildman–Crippen LogP) is 3.90. The van der Waals surface area contributed by atoms with Crippen LogP contribution >= 0.6 is 0 Å². The van der Waals surface area contributed by atoms with Crippen molar-refractivity contribution in [3.63, 3.8) is 0 Å². The average molecular weight is 492 g/mol. The number of fused-ring (bicyclic) bond motifs is 1. The molecule has 11 heteroatoms. The quantitative estimate of drug-likeness (QED) is 0.320. The number of nitrogens with two attached hydrogens (primary N) is 1. The summed E-state index contributed by atoms with van der Waals surface area (Å²) in [6, 6.07) is 12.6. The molecule has 1 aliphatic rings. The number of aromatic nitrogens is 3. The van der Waals surface area contributed by atoms with Gasteiger partial charge in [0, 0.05) is 40.8 Å². The minimum absolute atomic E-state index is 0.0408. The molecule has 10 nitrogen and oxygen atoms in total. The van der Waals surface area contributed by atoms with Gasteiger partial charge in [-0.1, -0.05) is 6.07 Å². The van der Waals surface area contributed by atoms with Gasteiger partial charge in [0.1, 0.15) is 5.82 Å². The van der Waals surface area contributed by atoms with E-state index in [1.165, 1.54) is 6.07 Å². The fourth-order valence-electron chi connectivity index (χ4n) is 3.75. The molecule has 0 bridgehead atoms. The number of hydrogen-bond acceptors (Lipinski definition) is 7. The van der Waals surface area contributed by atoms with Crippen LogP contribution in [0.5, 0.6) is 0 Å². The maximum absolute atomic E-state index is 12.4. The number of rotatable bonds is 6. The topological polar surface area (TPSA) is 144 Å². The molecule has 1 amide bonds. The van der Waals surface area contributed by atoms with Gasteiger partial charge in [0.2, 0.25) is 16.0 Å². The van der Waals surface area contributed by atoms with Crippen LogP contribution in [0, 0.1) is 13.8 Å². The second-order valence-electron chi connectivity index (χ2n) is 8.68. The van der Waals surface area contributed by atoms with Crippen LogP contribution in [0.2, 0.25) is 0 Å². The van der Waals surface area contributed by atoms with Crippen molar-refractivity contribution >= 4 is 50.1 Å². The van der Waals surface area contributed by atoms with E-state index in [1.54, 1.807) is 36.0 Å². The summed E-state index contributed by atoms with van der Waals surface area (Å²) in [5, 5.41) is 15.6. The molecule has 0 unspecified atom stereocenters. The smallest absolute Gasteiger partial charge is 0.326 e. The summed E-state index contributed by atoms with van der Waals surface area (Å²) in [6.45, 7) is 3.56. The van der Waals surface area contributed by atoms with Gasteiger partial charge >= 0.3 is 6.03 Å². The molecule has 4 aromatic rings. The number of carbonyl (C=O) groups excluding carboxylic acids is 1. The van der Waals surface area contributed by atoms with Crippen LogP contribution in [0.25, 0.3) is 10.9 Å². The Bertz CT molecular complexity index is 1560. The molecule has 35 heavy (non-hydrogen) atoms. The van der Waals surface area contributed by atoms with Gasteiger partial charge in [-0.25, -0.2) is 23.3 Å². The van der Waals surface area contributed by atoms with Gasteiger partial charge in [0.25, 0.3) is 0 Å². The summed E-state index contributed by atoms with van der Waals surface area (Å²) in [6.07, 6.45) is 5.50. The molecule has 2 aromatic heterocycles. The molecular weight excluding hydrogens is 466 g/mol. The number of hydrogen-bond donors (Lipinski definition) is 4. The lowest BCUT2D eigenvalue weighted by molar-refractivity contribution is 0.243. The van der Waals surface area contributed by atoms with E-state index in [-0.39, 0.29) is 17.0 Å². The molecule has 5 rings (SSSR count). The maximum Gasteiger partial charge on any atom is 0.326 e. The molecule has 0 saturated heterocycles. The van der Waals surface area contributed by atoms with Gasteiger partial charge in [-0.15, -0.1) is 0 Å². The van der Waals surface area contributed by atoms with Gasteiger partial charge in [-0.05, 0) is 68.7 Å². The minimum Gasteiger partial charge on any atom is -0.340 e. The first-order valence-corrected chi connectivity index (χ1v) is 12.6. The van der Waals surface area contributed by atoms with Crippen LogP contribution in [-0.4, -0.2) is 35.0 Å². The number of amides is 1. The van der Waals surface area contributed by atoms with Gasteiger partial charge in [-0.3, -0.25) is 4.57 Å². The molecule has 0 radical (unpaired) electrons. The van der Waals surface area contributed by atoms with Crippen LogP contribution < -0.4 is 21.1 Å². The number of aryl methyl sites for hydroxylation is 2. The number of sulfonamides is 1. The maximum atomic E-state index is 12.4. The molecular formula is C24H25N7O3S. The molecule has 2 heterocycles. The van der Waals surface area contributed by atoms with Crippen molar-refractivity contribution < 1.29 is 13.2 Å². The molecule has 5 N–H and O–H groups in total. The average Bonchev–Trinajstić information content (AvgIpc) is 3.51. The molecule has 2 aromatic carbocycles. The van der Waals surface area contributed by atoms with Crippen LogP contribution in [0.15, 0.2) is 59.8 Å². The summed E-state index contributed by atoms with van der Waals surface area (Å²) >= 11 is 0. The third kappa shape index (κ3) is 4.96. The summed E-state index contributed by atoms with van der Waals surface area (Å²) in [5.74, 6) is 0.887. The van der Waals surface area contributed by atoms with Crippen LogP contribution in [0.3, 0.4) is 0 Å². The highest BCUT2D eigenvalue weighted by Gasteiger charge is 2.24. The second kappa shape index (κ2) is 8.67. The van der Waals surface area contributed by atoms with Crippen LogP contribution in [0.1, 0.15) is 24.0 Å². The third-order valence-corrected chi connectivity index (χ3v) is 6.85. The van der Waals surface area contributed by atoms with Gasteiger partial charge in [0.15, 0.2) is 0 Å². The number of nitrogens with zero attached hydrogens (tertiary/aromatic N) is 3. The van der Waals surface area contributed by atoms with Gasteiger partial charge in [-0.2, -0.15) is 4.98 Å². The monoisotopic (exact) mass is 491 g/mol. The number of anilines is 4. The Kier molecular flexibility index (Phi) is 5.65. The van der Waals surface area contributed by atoms with Crippen LogP contribution in [0.4, 0.5) is 27.9 Å². The van der Waals surface area contributed by atoms with Crippen LogP contribution in [-0.2, 0) is 10.0 Å². The fourth-order valence-corrected chi connectivity index (χ4v) is 4.56. The highest BCUT2D eigenvalue weighted by Crippen LogP contribution is 2.26. The Morgan fingerprint density at radius 2 is 1.77 bits per heavy atom. The third-order valence-electron chi connectivity index (χ3n) is 5.80. The van der Waals surface area contributed by atoms with Crippen molar-refractivity contribution in [2.24, 2.45) is 5.14 Å². The Balaban J connectivity index is 1.37. The highest BCUT2D eigenvalue weighted by molar-refractivity contribution is 7.89. The van der Waals surface area contributed by atoms with E-state index in [1.807, 2.05) is 31.2 Å². The first-order chi connectivity index (χ1) is 16.7. The largest absolute Gasteiger partial charge is 0.340 e. The van der Waals surface area contributed by atoms with E-state index in [0.29, 0.717) is 23.0 Å². The van der Waals surface area contributed by atoms with Crippen molar-refractivity contribution in [2.75, 3.05) is 10.6 Å². The SMILES string of the molecule is Cc1ccc(Nc2ncc(C)c(Nc3ccc4c(ccn4C(=O)NC4CC4)c3)n2)cc1S(N)(=O)=O. The van der Waals surface area contributed by atoms with E-state index in [0.717, 1.165) is 35.0 Å².